The zero-order valence-corrected chi connectivity index (χ0v) is 14.4. The largest absolute Gasteiger partial charge is 0.367 e. The summed E-state index contributed by atoms with van der Waals surface area (Å²) in [7, 11) is 1.60. The predicted octanol–water partition coefficient (Wildman–Crippen LogP) is 3.55. The number of aryl methyl sites for hydroxylation is 1. The lowest BCUT2D eigenvalue weighted by Gasteiger charge is -2.34. The van der Waals surface area contributed by atoms with Crippen LogP contribution in [0.1, 0.15) is 41.1 Å². The number of hydrogen-bond acceptors (Lipinski definition) is 4. The van der Waals surface area contributed by atoms with Crippen molar-refractivity contribution in [1.29, 1.82) is 0 Å². The molecule has 0 radical (unpaired) electrons. The molecule has 122 valence electrons. The van der Waals surface area contributed by atoms with Crippen LogP contribution in [0.15, 0.2) is 35.7 Å². The van der Waals surface area contributed by atoms with E-state index >= 15 is 0 Å². The number of carbonyl (C=O) groups excluding carboxylic acids is 1. The van der Waals surface area contributed by atoms with Crippen LogP contribution in [0.4, 0.5) is 0 Å². The SMILES string of the molecule is CO[C@H](C(=O)N1CCC[C@H](c2nc(C)cs2)C1)c1ccccc1. The Hall–Kier alpha value is -1.72. The summed E-state index contributed by atoms with van der Waals surface area (Å²) >= 11 is 1.70. The summed E-state index contributed by atoms with van der Waals surface area (Å²) in [6.07, 6.45) is 1.59. The second kappa shape index (κ2) is 7.23. The summed E-state index contributed by atoms with van der Waals surface area (Å²) in [5.41, 5.74) is 1.97. The van der Waals surface area contributed by atoms with Crippen LogP contribution in [0.5, 0.6) is 0 Å². The van der Waals surface area contributed by atoms with E-state index in [-0.39, 0.29) is 5.91 Å². The van der Waals surface area contributed by atoms with E-state index in [2.05, 4.69) is 10.4 Å². The quantitative estimate of drug-likeness (QED) is 0.861. The topological polar surface area (TPSA) is 42.4 Å². The predicted molar refractivity (Wildman–Crippen MR) is 91.6 cm³/mol. The second-order valence-corrected chi connectivity index (χ2v) is 6.87. The molecule has 1 aromatic carbocycles. The number of rotatable bonds is 4. The maximum atomic E-state index is 12.9. The van der Waals surface area contributed by atoms with Crippen molar-refractivity contribution in [3.63, 3.8) is 0 Å². The third kappa shape index (κ3) is 3.62. The summed E-state index contributed by atoms with van der Waals surface area (Å²) in [6.45, 7) is 3.55. The molecule has 1 amide bonds. The Bertz CT molecular complexity index is 656. The zero-order chi connectivity index (χ0) is 16.2. The fraction of sp³-hybridized carbons (Fsp3) is 0.444. The van der Waals surface area contributed by atoms with Gasteiger partial charge in [-0.25, -0.2) is 4.98 Å². The molecule has 23 heavy (non-hydrogen) atoms. The minimum absolute atomic E-state index is 0.0525. The number of piperidine rings is 1. The van der Waals surface area contributed by atoms with Crippen molar-refractivity contribution in [3.8, 4) is 0 Å². The Kier molecular flexibility index (Phi) is 5.08. The summed E-state index contributed by atoms with van der Waals surface area (Å²) in [4.78, 5) is 19.4. The summed E-state index contributed by atoms with van der Waals surface area (Å²) in [6, 6.07) is 9.70. The molecular formula is C18H22N2O2S. The third-order valence-electron chi connectivity index (χ3n) is 4.28. The number of likely N-dealkylation sites (tertiary alicyclic amines) is 1. The zero-order valence-electron chi connectivity index (χ0n) is 13.6. The average molecular weight is 330 g/mol. The summed E-state index contributed by atoms with van der Waals surface area (Å²) in [5.74, 6) is 0.399. The second-order valence-electron chi connectivity index (χ2n) is 5.98. The van der Waals surface area contributed by atoms with Gasteiger partial charge >= 0.3 is 0 Å². The molecule has 1 saturated heterocycles. The van der Waals surface area contributed by atoms with Crippen LogP contribution in [0.25, 0.3) is 0 Å². The van der Waals surface area contributed by atoms with Gasteiger partial charge in [0.25, 0.3) is 5.91 Å². The average Bonchev–Trinajstić information content (AvgIpc) is 3.03. The lowest BCUT2D eigenvalue weighted by atomic mass is 9.97. The minimum Gasteiger partial charge on any atom is -0.367 e. The van der Waals surface area contributed by atoms with Crippen molar-refractivity contribution >= 4 is 17.2 Å². The molecule has 2 heterocycles. The number of aromatic nitrogens is 1. The van der Waals surface area contributed by atoms with Crippen LogP contribution in [-0.4, -0.2) is 36.0 Å². The Balaban J connectivity index is 1.73. The third-order valence-corrected chi connectivity index (χ3v) is 5.41. The summed E-state index contributed by atoms with van der Waals surface area (Å²) < 4.78 is 5.49. The molecule has 0 N–H and O–H groups in total. The number of hydrogen-bond donors (Lipinski definition) is 0. The van der Waals surface area contributed by atoms with Gasteiger partial charge in [0, 0.05) is 37.2 Å². The van der Waals surface area contributed by atoms with E-state index in [4.69, 9.17) is 4.74 Å². The fourth-order valence-corrected chi connectivity index (χ4v) is 4.04. The number of methoxy groups -OCH3 is 1. The van der Waals surface area contributed by atoms with E-state index in [1.165, 1.54) is 0 Å². The maximum Gasteiger partial charge on any atom is 0.256 e. The number of thiazole rings is 1. The van der Waals surface area contributed by atoms with E-state index in [9.17, 15) is 4.79 Å². The standard InChI is InChI=1S/C18H22N2O2S/c1-13-12-23-17(19-13)15-9-6-10-20(11-15)18(21)16(22-2)14-7-4-3-5-8-14/h3-5,7-8,12,15-16H,6,9-11H2,1-2H3/t15-,16-/m0/s1. The van der Waals surface area contributed by atoms with Gasteiger partial charge in [-0.15, -0.1) is 11.3 Å². The van der Waals surface area contributed by atoms with Gasteiger partial charge in [0.15, 0.2) is 6.10 Å². The Labute approximate surface area is 141 Å². The molecule has 1 aliphatic rings. The lowest BCUT2D eigenvalue weighted by Crippen LogP contribution is -2.42. The van der Waals surface area contributed by atoms with Crippen molar-refractivity contribution in [2.24, 2.45) is 0 Å². The first-order valence-corrected chi connectivity index (χ1v) is 8.85. The highest BCUT2D eigenvalue weighted by Gasteiger charge is 2.31. The van der Waals surface area contributed by atoms with E-state index in [1.54, 1.807) is 18.4 Å². The monoisotopic (exact) mass is 330 g/mol. The number of carbonyl (C=O) groups is 1. The first-order chi connectivity index (χ1) is 11.2. The molecule has 0 saturated carbocycles. The number of nitrogens with zero attached hydrogens (tertiary/aromatic N) is 2. The van der Waals surface area contributed by atoms with Crippen molar-refractivity contribution < 1.29 is 9.53 Å². The first-order valence-electron chi connectivity index (χ1n) is 7.97. The Morgan fingerprint density at radius 2 is 2.17 bits per heavy atom. The van der Waals surface area contributed by atoms with Gasteiger partial charge in [0.2, 0.25) is 0 Å². The summed E-state index contributed by atoms with van der Waals surface area (Å²) in [5, 5.41) is 3.23. The molecule has 5 heteroatoms. The molecule has 1 aromatic heterocycles. The number of benzene rings is 1. The van der Waals surface area contributed by atoms with Crippen LogP contribution >= 0.6 is 11.3 Å². The smallest absolute Gasteiger partial charge is 0.256 e. The highest BCUT2D eigenvalue weighted by Crippen LogP contribution is 2.31. The molecule has 0 aliphatic carbocycles. The lowest BCUT2D eigenvalue weighted by molar-refractivity contribution is -0.143. The van der Waals surface area contributed by atoms with Gasteiger partial charge in [-0.05, 0) is 25.3 Å². The molecule has 0 spiro atoms. The number of amides is 1. The molecule has 1 fully saturated rings. The molecule has 2 aromatic rings. The van der Waals surface area contributed by atoms with Crippen LogP contribution in [-0.2, 0) is 9.53 Å². The van der Waals surface area contributed by atoms with Gasteiger partial charge in [0.05, 0.1) is 5.01 Å². The fourth-order valence-electron chi connectivity index (χ4n) is 3.11. The van der Waals surface area contributed by atoms with Gasteiger partial charge in [0.1, 0.15) is 0 Å². The van der Waals surface area contributed by atoms with Gasteiger partial charge in [-0.3, -0.25) is 4.79 Å². The highest BCUT2D eigenvalue weighted by atomic mass is 32.1. The van der Waals surface area contributed by atoms with Gasteiger partial charge in [-0.2, -0.15) is 0 Å². The van der Waals surface area contributed by atoms with Crippen molar-refractivity contribution in [2.45, 2.75) is 31.8 Å². The molecule has 4 nitrogen and oxygen atoms in total. The van der Waals surface area contributed by atoms with E-state index in [1.807, 2.05) is 42.2 Å². The van der Waals surface area contributed by atoms with Crippen LogP contribution < -0.4 is 0 Å². The van der Waals surface area contributed by atoms with Crippen molar-refractivity contribution in [1.82, 2.24) is 9.88 Å². The Morgan fingerprint density at radius 3 is 2.83 bits per heavy atom. The van der Waals surface area contributed by atoms with Crippen molar-refractivity contribution in [2.75, 3.05) is 20.2 Å². The maximum absolute atomic E-state index is 12.9. The molecule has 1 aliphatic heterocycles. The van der Waals surface area contributed by atoms with Crippen molar-refractivity contribution in [3.05, 3.63) is 52.0 Å². The van der Waals surface area contributed by atoms with Gasteiger partial charge < -0.3 is 9.64 Å². The first kappa shape index (κ1) is 16.1. The molecule has 3 rings (SSSR count). The van der Waals surface area contributed by atoms with Gasteiger partial charge in [-0.1, -0.05) is 30.3 Å². The van der Waals surface area contributed by atoms with E-state index < -0.39 is 6.10 Å². The Morgan fingerprint density at radius 1 is 1.39 bits per heavy atom. The molecular weight excluding hydrogens is 308 g/mol. The molecule has 2 atom stereocenters. The number of ether oxygens (including phenoxy) is 1. The molecule has 0 bridgehead atoms. The van der Waals surface area contributed by atoms with Crippen LogP contribution in [0, 0.1) is 6.92 Å². The van der Waals surface area contributed by atoms with E-state index in [0.29, 0.717) is 5.92 Å². The van der Waals surface area contributed by atoms with Crippen LogP contribution in [0.3, 0.4) is 0 Å². The minimum atomic E-state index is -0.520. The normalized spacial score (nSPS) is 19.6. The van der Waals surface area contributed by atoms with E-state index in [0.717, 1.165) is 42.2 Å². The highest BCUT2D eigenvalue weighted by molar-refractivity contribution is 7.09. The molecule has 0 unspecified atom stereocenters. The van der Waals surface area contributed by atoms with Crippen LogP contribution in [0.2, 0.25) is 0 Å².